The Kier molecular flexibility index (Phi) is 16.7. The van der Waals surface area contributed by atoms with Gasteiger partial charge in [0.05, 0.1) is 12.7 Å². The molecule has 1 rings (SSSR count). The van der Waals surface area contributed by atoms with E-state index in [1.807, 2.05) is 30.3 Å². The van der Waals surface area contributed by atoms with Crippen molar-refractivity contribution in [1.82, 2.24) is 5.32 Å². The highest BCUT2D eigenvalue weighted by Crippen LogP contribution is 2.21. The van der Waals surface area contributed by atoms with Gasteiger partial charge in [0.1, 0.15) is 11.6 Å². The molecule has 7 heteroatoms. The Morgan fingerprint density at radius 1 is 0.811 bits per heavy atom. The van der Waals surface area contributed by atoms with E-state index < -0.39 is 29.8 Å². The standard InChI is InChI=1S/C30H53NO6/c1-5-6-7-8-9-10-11-12-13-14-15-16-20-23-26(36-24-25-21-18-17-19-22-25)27(30(33,34)35)31-28(32)37-29(2,3)4/h17-19,21-22,26-27,33-35H,5-16,20,23-24H2,1-4H3,(H,31,32). The van der Waals surface area contributed by atoms with Crippen LogP contribution in [0.5, 0.6) is 0 Å². The minimum Gasteiger partial charge on any atom is -0.444 e. The second-order valence-electron chi connectivity index (χ2n) is 11.2. The molecule has 0 saturated carbocycles. The smallest absolute Gasteiger partial charge is 0.408 e. The molecule has 0 bridgehead atoms. The molecule has 214 valence electrons. The first-order valence-corrected chi connectivity index (χ1v) is 14.3. The van der Waals surface area contributed by atoms with Crippen molar-refractivity contribution in [2.75, 3.05) is 0 Å². The molecule has 1 aromatic carbocycles. The third-order valence-corrected chi connectivity index (χ3v) is 6.36. The number of carbonyl (C=O) groups excluding carboxylic acids is 1. The zero-order valence-electron chi connectivity index (χ0n) is 23.7. The summed E-state index contributed by atoms with van der Waals surface area (Å²) in [7, 11) is 0. The molecule has 0 aliphatic rings. The number of carbonyl (C=O) groups is 1. The average molecular weight is 524 g/mol. The molecule has 0 saturated heterocycles. The minimum atomic E-state index is -3.16. The Labute approximate surface area is 225 Å². The van der Waals surface area contributed by atoms with E-state index >= 15 is 0 Å². The molecular formula is C30H53NO6. The summed E-state index contributed by atoms with van der Waals surface area (Å²) < 4.78 is 11.3. The maximum absolute atomic E-state index is 12.4. The lowest BCUT2D eigenvalue weighted by atomic mass is 10.00. The number of hydrogen-bond donors (Lipinski definition) is 4. The molecule has 0 aromatic heterocycles. The fourth-order valence-corrected chi connectivity index (χ4v) is 4.36. The number of rotatable bonds is 20. The summed E-state index contributed by atoms with van der Waals surface area (Å²) in [6.45, 7) is 7.59. The zero-order chi connectivity index (χ0) is 27.6. The first kappa shape index (κ1) is 33.4. The highest BCUT2D eigenvalue weighted by Gasteiger charge is 2.41. The van der Waals surface area contributed by atoms with Gasteiger partial charge in [-0.15, -0.1) is 0 Å². The van der Waals surface area contributed by atoms with Gasteiger partial charge in [-0.05, 0) is 32.8 Å². The summed E-state index contributed by atoms with van der Waals surface area (Å²) in [6, 6.07) is 8.03. The number of amides is 1. The van der Waals surface area contributed by atoms with Crippen LogP contribution in [0.2, 0.25) is 0 Å². The van der Waals surface area contributed by atoms with Gasteiger partial charge in [0.25, 0.3) is 5.97 Å². The van der Waals surface area contributed by atoms with Crippen LogP contribution in [0.25, 0.3) is 0 Å². The van der Waals surface area contributed by atoms with E-state index in [0.29, 0.717) is 6.42 Å². The van der Waals surface area contributed by atoms with Gasteiger partial charge in [0, 0.05) is 0 Å². The Balaban J connectivity index is 2.52. The van der Waals surface area contributed by atoms with E-state index in [9.17, 15) is 20.1 Å². The third kappa shape index (κ3) is 17.5. The molecular weight excluding hydrogens is 470 g/mol. The summed E-state index contributed by atoms with van der Waals surface area (Å²) in [4.78, 5) is 12.4. The van der Waals surface area contributed by atoms with Gasteiger partial charge in [-0.2, -0.15) is 0 Å². The van der Waals surface area contributed by atoms with E-state index in [1.165, 1.54) is 64.2 Å². The molecule has 0 heterocycles. The highest BCUT2D eigenvalue weighted by molar-refractivity contribution is 5.68. The van der Waals surface area contributed by atoms with Crippen LogP contribution in [0.3, 0.4) is 0 Å². The number of ether oxygens (including phenoxy) is 2. The topological polar surface area (TPSA) is 108 Å². The van der Waals surface area contributed by atoms with Gasteiger partial charge < -0.3 is 30.1 Å². The lowest BCUT2D eigenvalue weighted by Crippen LogP contribution is -2.60. The van der Waals surface area contributed by atoms with Crippen molar-refractivity contribution in [2.45, 2.75) is 148 Å². The SMILES string of the molecule is CCCCCCCCCCCCCCCC(OCc1ccccc1)C(NC(=O)OC(C)(C)C)C(O)(O)O. The Morgan fingerprint density at radius 3 is 1.76 bits per heavy atom. The second kappa shape index (κ2) is 18.6. The first-order valence-electron chi connectivity index (χ1n) is 14.3. The number of nitrogens with one attached hydrogen (secondary N) is 1. The summed E-state index contributed by atoms with van der Waals surface area (Å²) in [5.41, 5.74) is 0.140. The molecule has 1 aromatic rings. The molecule has 2 unspecified atom stereocenters. The van der Waals surface area contributed by atoms with Gasteiger partial charge in [-0.1, -0.05) is 121 Å². The normalized spacial score (nSPS) is 13.8. The van der Waals surface area contributed by atoms with E-state index in [0.717, 1.165) is 24.8 Å². The fourth-order valence-electron chi connectivity index (χ4n) is 4.36. The molecule has 0 aliphatic carbocycles. The summed E-state index contributed by atoms with van der Waals surface area (Å²) >= 11 is 0. The Hall–Kier alpha value is -1.67. The minimum absolute atomic E-state index is 0.215. The number of alkyl carbamates (subject to hydrolysis) is 1. The monoisotopic (exact) mass is 523 g/mol. The molecule has 0 aliphatic heterocycles. The maximum atomic E-state index is 12.4. The van der Waals surface area contributed by atoms with Crippen molar-refractivity contribution >= 4 is 6.09 Å². The highest BCUT2D eigenvalue weighted by atomic mass is 16.7. The van der Waals surface area contributed by atoms with Gasteiger partial charge in [0.15, 0.2) is 0 Å². The molecule has 37 heavy (non-hydrogen) atoms. The first-order chi connectivity index (χ1) is 17.5. The van der Waals surface area contributed by atoms with Crippen LogP contribution in [-0.2, 0) is 16.1 Å². The van der Waals surface area contributed by atoms with Crippen LogP contribution < -0.4 is 5.32 Å². The molecule has 0 spiro atoms. The van der Waals surface area contributed by atoms with Gasteiger partial charge in [-0.25, -0.2) is 4.79 Å². The third-order valence-electron chi connectivity index (χ3n) is 6.36. The number of hydrogen-bond acceptors (Lipinski definition) is 6. The quantitative estimate of drug-likeness (QED) is 0.114. The number of unbranched alkanes of at least 4 members (excludes halogenated alkanes) is 12. The van der Waals surface area contributed by atoms with Gasteiger partial charge in [-0.3, -0.25) is 0 Å². The van der Waals surface area contributed by atoms with E-state index in [-0.39, 0.29) is 6.61 Å². The Morgan fingerprint density at radius 2 is 1.30 bits per heavy atom. The number of benzene rings is 1. The van der Waals surface area contributed by atoms with Crippen molar-refractivity contribution < 1.29 is 29.6 Å². The maximum Gasteiger partial charge on any atom is 0.408 e. The molecule has 0 radical (unpaired) electrons. The summed E-state index contributed by atoms with van der Waals surface area (Å²) in [6.07, 6.45) is 14.7. The average Bonchev–Trinajstić information content (AvgIpc) is 2.81. The van der Waals surface area contributed by atoms with Crippen molar-refractivity contribution in [3.05, 3.63) is 35.9 Å². The van der Waals surface area contributed by atoms with Crippen molar-refractivity contribution in [2.24, 2.45) is 0 Å². The lowest BCUT2D eigenvalue weighted by Gasteiger charge is -2.34. The van der Waals surface area contributed by atoms with E-state index in [4.69, 9.17) is 9.47 Å². The molecule has 2 atom stereocenters. The van der Waals surface area contributed by atoms with Crippen LogP contribution in [0.1, 0.15) is 123 Å². The van der Waals surface area contributed by atoms with Crippen molar-refractivity contribution in [3.63, 3.8) is 0 Å². The van der Waals surface area contributed by atoms with Gasteiger partial charge in [0.2, 0.25) is 0 Å². The van der Waals surface area contributed by atoms with Crippen LogP contribution in [0.15, 0.2) is 30.3 Å². The number of aliphatic hydroxyl groups is 3. The van der Waals surface area contributed by atoms with Crippen LogP contribution in [0.4, 0.5) is 4.79 Å². The molecule has 1 amide bonds. The largest absolute Gasteiger partial charge is 0.444 e. The predicted molar refractivity (Wildman–Crippen MR) is 148 cm³/mol. The lowest BCUT2D eigenvalue weighted by molar-refractivity contribution is -0.338. The van der Waals surface area contributed by atoms with Gasteiger partial charge >= 0.3 is 6.09 Å². The predicted octanol–water partition coefficient (Wildman–Crippen LogP) is 6.58. The van der Waals surface area contributed by atoms with Crippen LogP contribution >= 0.6 is 0 Å². The summed E-state index contributed by atoms with van der Waals surface area (Å²) in [5.74, 6) is -3.16. The molecule has 7 nitrogen and oxygen atoms in total. The van der Waals surface area contributed by atoms with E-state index in [1.54, 1.807) is 20.8 Å². The van der Waals surface area contributed by atoms with E-state index in [2.05, 4.69) is 12.2 Å². The zero-order valence-corrected chi connectivity index (χ0v) is 23.7. The van der Waals surface area contributed by atoms with Crippen LogP contribution in [0, 0.1) is 0 Å². The Bertz CT molecular complexity index is 698. The summed E-state index contributed by atoms with van der Waals surface area (Å²) in [5, 5.41) is 32.6. The van der Waals surface area contributed by atoms with Crippen molar-refractivity contribution in [3.8, 4) is 0 Å². The molecule has 4 N–H and O–H groups in total. The second-order valence-corrected chi connectivity index (χ2v) is 11.2. The molecule has 0 fully saturated rings. The fraction of sp³-hybridized carbons (Fsp3) is 0.767. The van der Waals surface area contributed by atoms with Crippen LogP contribution in [-0.4, -0.2) is 45.1 Å². The van der Waals surface area contributed by atoms with Crippen molar-refractivity contribution in [1.29, 1.82) is 0 Å².